The summed E-state index contributed by atoms with van der Waals surface area (Å²) >= 11 is 0. The lowest BCUT2D eigenvalue weighted by molar-refractivity contribution is -0.141. The van der Waals surface area contributed by atoms with Gasteiger partial charge in [0.1, 0.15) is 0 Å². The summed E-state index contributed by atoms with van der Waals surface area (Å²) in [4.78, 5) is 24.3. The van der Waals surface area contributed by atoms with Gasteiger partial charge in [-0.15, -0.1) is 12.4 Å². The van der Waals surface area contributed by atoms with Crippen molar-refractivity contribution in [3.63, 3.8) is 0 Å². The number of ether oxygens (including phenoxy) is 1. The monoisotopic (exact) mass is 232 g/mol. The van der Waals surface area contributed by atoms with Gasteiger partial charge in [0.15, 0.2) is 0 Å². The molecule has 0 spiro atoms. The fourth-order valence-corrected chi connectivity index (χ4v) is 1.07. The third-order valence-electron chi connectivity index (χ3n) is 1.84. The van der Waals surface area contributed by atoms with Gasteiger partial charge in [-0.3, -0.25) is 9.59 Å². The maximum Gasteiger partial charge on any atom is 0.307 e. The third kappa shape index (κ3) is 4.14. The third-order valence-corrected chi connectivity index (χ3v) is 1.84. The van der Waals surface area contributed by atoms with Gasteiger partial charge < -0.3 is 15.5 Å². The molecule has 0 fully saturated rings. The Balaban J connectivity index is 0.00000196. The maximum atomic E-state index is 10.9. The molecular formula is C9H13ClN2O3. The van der Waals surface area contributed by atoms with E-state index in [1.54, 1.807) is 6.07 Å². The number of hydrogen-bond donors (Lipinski definition) is 2. The number of carbonyl (C=O) groups is 1. The molecule has 0 aliphatic carbocycles. The molecule has 0 saturated carbocycles. The van der Waals surface area contributed by atoms with Crippen molar-refractivity contribution in [3.8, 4) is 0 Å². The number of rotatable bonds is 3. The molecule has 1 aromatic heterocycles. The zero-order valence-corrected chi connectivity index (χ0v) is 9.04. The Kier molecular flexibility index (Phi) is 5.66. The molecule has 5 nitrogen and oxygen atoms in total. The molecule has 6 heteroatoms. The lowest BCUT2D eigenvalue weighted by Gasteiger charge is -2.09. The van der Waals surface area contributed by atoms with Crippen LogP contribution < -0.4 is 11.3 Å². The van der Waals surface area contributed by atoms with E-state index in [1.807, 2.05) is 0 Å². The number of halogens is 1. The number of hydrogen-bond acceptors (Lipinski definition) is 4. The average Bonchev–Trinajstić information content (AvgIpc) is 2.17. The van der Waals surface area contributed by atoms with Gasteiger partial charge >= 0.3 is 5.97 Å². The van der Waals surface area contributed by atoms with Crippen molar-refractivity contribution in [2.75, 3.05) is 7.11 Å². The van der Waals surface area contributed by atoms with E-state index in [0.29, 0.717) is 5.56 Å². The van der Waals surface area contributed by atoms with Crippen LogP contribution in [0, 0.1) is 0 Å². The number of methoxy groups -OCH3 is 1. The lowest BCUT2D eigenvalue weighted by Crippen LogP contribution is -2.18. The Hall–Kier alpha value is -1.33. The van der Waals surface area contributed by atoms with E-state index in [2.05, 4.69) is 9.72 Å². The second-order valence-corrected chi connectivity index (χ2v) is 2.87. The minimum atomic E-state index is -0.496. The smallest absolute Gasteiger partial charge is 0.307 e. The second-order valence-electron chi connectivity index (χ2n) is 2.87. The molecule has 0 saturated heterocycles. The minimum Gasteiger partial charge on any atom is -0.469 e. The Morgan fingerprint density at radius 3 is 2.87 bits per heavy atom. The molecule has 84 valence electrons. The van der Waals surface area contributed by atoms with Gasteiger partial charge in [-0.25, -0.2) is 0 Å². The van der Waals surface area contributed by atoms with Crippen LogP contribution in [0.25, 0.3) is 0 Å². The number of pyridine rings is 1. The zero-order valence-electron chi connectivity index (χ0n) is 8.23. The van der Waals surface area contributed by atoms with Crippen LogP contribution in [0.2, 0.25) is 0 Å². The van der Waals surface area contributed by atoms with Crippen LogP contribution in [0.3, 0.4) is 0 Å². The van der Waals surface area contributed by atoms with Gasteiger partial charge in [0.05, 0.1) is 13.5 Å². The molecule has 0 aliphatic heterocycles. The van der Waals surface area contributed by atoms with Crippen LogP contribution in [-0.2, 0) is 9.53 Å². The van der Waals surface area contributed by atoms with Crippen molar-refractivity contribution < 1.29 is 9.53 Å². The molecule has 3 N–H and O–H groups in total. The van der Waals surface area contributed by atoms with E-state index in [-0.39, 0.29) is 24.4 Å². The van der Waals surface area contributed by atoms with E-state index < -0.39 is 12.0 Å². The summed E-state index contributed by atoms with van der Waals surface area (Å²) < 4.78 is 4.47. The zero-order chi connectivity index (χ0) is 10.6. The van der Waals surface area contributed by atoms with Crippen LogP contribution in [0.4, 0.5) is 0 Å². The second kappa shape index (κ2) is 6.21. The highest BCUT2D eigenvalue weighted by molar-refractivity contribution is 5.85. The molecule has 0 bridgehead atoms. The molecule has 15 heavy (non-hydrogen) atoms. The summed E-state index contributed by atoms with van der Waals surface area (Å²) in [6, 6.07) is 2.53. The average molecular weight is 233 g/mol. The highest BCUT2D eigenvalue weighted by Crippen LogP contribution is 2.11. The van der Waals surface area contributed by atoms with Crippen LogP contribution in [0.5, 0.6) is 0 Å². The number of nitrogens with one attached hydrogen (secondary N) is 1. The van der Waals surface area contributed by atoms with Crippen molar-refractivity contribution in [2.45, 2.75) is 12.5 Å². The van der Waals surface area contributed by atoms with Crippen LogP contribution in [0.1, 0.15) is 18.0 Å². The molecular weight excluding hydrogens is 220 g/mol. The number of carbonyl (C=O) groups excluding carboxylic acids is 1. The Bertz CT molecular complexity index is 378. The highest BCUT2D eigenvalue weighted by atomic mass is 35.5. The van der Waals surface area contributed by atoms with Crippen molar-refractivity contribution in [1.82, 2.24) is 4.98 Å². The SMILES string of the molecule is COC(=O)C[C@H](N)c1cc[nH]c(=O)c1.Cl. The predicted octanol–water partition coefficient (Wildman–Crippen LogP) is 0.360. The summed E-state index contributed by atoms with van der Waals surface area (Å²) in [6.07, 6.45) is 1.56. The maximum absolute atomic E-state index is 10.9. The van der Waals surface area contributed by atoms with Crippen LogP contribution in [0.15, 0.2) is 23.1 Å². The van der Waals surface area contributed by atoms with E-state index in [0.717, 1.165) is 0 Å². The molecule has 0 radical (unpaired) electrons. The molecule has 0 aromatic carbocycles. The number of aromatic nitrogens is 1. The van der Waals surface area contributed by atoms with Gasteiger partial charge in [-0.05, 0) is 11.6 Å². The fourth-order valence-electron chi connectivity index (χ4n) is 1.07. The molecule has 0 unspecified atom stereocenters. The van der Waals surface area contributed by atoms with Crippen LogP contribution >= 0.6 is 12.4 Å². The number of H-pyrrole nitrogens is 1. The molecule has 0 aliphatic rings. The van der Waals surface area contributed by atoms with E-state index >= 15 is 0 Å². The topological polar surface area (TPSA) is 85.2 Å². The van der Waals surface area contributed by atoms with Crippen molar-refractivity contribution in [1.29, 1.82) is 0 Å². The first-order valence-corrected chi connectivity index (χ1v) is 4.14. The van der Waals surface area contributed by atoms with E-state index in [9.17, 15) is 9.59 Å². The Morgan fingerprint density at radius 1 is 1.67 bits per heavy atom. The van der Waals surface area contributed by atoms with Gasteiger partial charge in [-0.2, -0.15) is 0 Å². The summed E-state index contributed by atoms with van der Waals surface area (Å²) in [5, 5.41) is 0. The van der Waals surface area contributed by atoms with Crippen molar-refractivity contribution in [2.24, 2.45) is 5.73 Å². The molecule has 1 heterocycles. The number of aromatic amines is 1. The Morgan fingerprint density at radius 2 is 2.33 bits per heavy atom. The van der Waals surface area contributed by atoms with Crippen molar-refractivity contribution >= 4 is 18.4 Å². The van der Waals surface area contributed by atoms with Gasteiger partial charge in [0, 0.05) is 18.3 Å². The molecule has 0 amide bonds. The largest absolute Gasteiger partial charge is 0.469 e. The minimum absolute atomic E-state index is 0. The van der Waals surface area contributed by atoms with Gasteiger partial charge in [0.25, 0.3) is 0 Å². The summed E-state index contributed by atoms with van der Waals surface area (Å²) in [5.74, 6) is -0.391. The van der Waals surface area contributed by atoms with Gasteiger partial charge in [-0.1, -0.05) is 0 Å². The summed E-state index contributed by atoms with van der Waals surface area (Å²) in [5.41, 5.74) is 6.08. The fraction of sp³-hybridized carbons (Fsp3) is 0.333. The van der Waals surface area contributed by atoms with Crippen LogP contribution in [-0.4, -0.2) is 18.1 Å². The van der Waals surface area contributed by atoms with Crippen molar-refractivity contribution in [3.05, 3.63) is 34.2 Å². The molecule has 1 rings (SSSR count). The number of esters is 1. The molecule has 1 aromatic rings. The Labute approximate surface area is 93.0 Å². The normalized spacial score (nSPS) is 11.3. The lowest BCUT2D eigenvalue weighted by atomic mass is 10.1. The summed E-state index contributed by atoms with van der Waals surface area (Å²) in [6.45, 7) is 0. The predicted molar refractivity (Wildman–Crippen MR) is 57.9 cm³/mol. The standard InChI is InChI=1S/C9H12N2O3.ClH/c1-14-9(13)5-7(10)6-2-3-11-8(12)4-6;/h2-4,7H,5,10H2,1H3,(H,11,12);1H/t7-;/m0./s1. The first kappa shape index (κ1) is 13.7. The molecule has 1 atom stereocenters. The highest BCUT2D eigenvalue weighted by Gasteiger charge is 2.11. The quantitative estimate of drug-likeness (QED) is 0.737. The van der Waals surface area contributed by atoms with E-state index in [1.165, 1.54) is 19.4 Å². The van der Waals surface area contributed by atoms with E-state index in [4.69, 9.17) is 5.73 Å². The first-order valence-electron chi connectivity index (χ1n) is 4.14. The number of nitrogens with two attached hydrogens (primary N) is 1. The first-order chi connectivity index (χ1) is 6.63. The van der Waals surface area contributed by atoms with Gasteiger partial charge in [0.2, 0.25) is 5.56 Å². The summed E-state index contributed by atoms with van der Waals surface area (Å²) in [7, 11) is 1.30.